The van der Waals surface area contributed by atoms with Gasteiger partial charge in [-0.3, -0.25) is 9.97 Å². The third-order valence-corrected chi connectivity index (χ3v) is 7.24. The molecular formula is C32H18N2. The van der Waals surface area contributed by atoms with Crippen molar-refractivity contribution in [1.82, 2.24) is 9.97 Å². The van der Waals surface area contributed by atoms with Crippen molar-refractivity contribution in [2.45, 2.75) is 0 Å². The molecule has 0 spiro atoms. The molecule has 156 valence electrons. The van der Waals surface area contributed by atoms with E-state index in [0.717, 1.165) is 27.2 Å². The molecule has 34 heavy (non-hydrogen) atoms. The van der Waals surface area contributed by atoms with Crippen molar-refractivity contribution in [3.05, 3.63) is 109 Å². The van der Waals surface area contributed by atoms with Crippen LogP contribution in [0.3, 0.4) is 0 Å². The Bertz CT molecular complexity index is 2010. The molecule has 0 aliphatic rings. The summed E-state index contributed by atoms with van der Waals surface area (Å²) in [6.07, 6.45) is 3.80. The third kappa shape index (κ3) is 2.35. The lowest BCUT2D eigenvalue weighted by atomic mass is 9.90. The first kappa shape index (κ1) is 17.9. The number of hydrogen-bond donors (Lipinski definition) is 0. The normalized spacial score (nSPS) is 12.1. The summed E-state index contributed by atoms with van der Waals surface area (Å²) in [7, 11) is 0. The van der Waals surface area contributed by atoms with Crippen molar-refractivity contribution in [1.29, 1.82) is 0 Å². The van der Waals surface area contributed by atoms with Gasteiger partial charge in [0, 0.05) is 28.6 Å². The molecule has 0 radical (unpaired) electrons. The van der Waals surface area contributed by atoms with E-state index in [1.54, 1.807) is 0 Å². The largest absolute Gasteiger partial charge is 0.256 e. The van der Waals surface area contributed by atoms with Gasteiger partial charge in [-0.25, -0.2) is 0 Å². The van der Waals surface area contributed by atoms with Gasteiger partial charge in [0.2, 0.25) is 0 Å². The summed E-state index contributed by atoms with van der Waals surface area (Å²) in [6.45, 7) is 0. The second-order valence-corrected chi connectivity index (χ2v) is 9.07. The zero-order chi connectivity index (χ0) is 22.2. The van der Waals surface area contributed by atoms with E-state index in [4.69, 9.17) is 9.97 Å². The van der Waals surface area contributed by atoms with E-state index < -0.39 is 0 Å². The number of rotatable bonds is 1. The Morgan fingerprint density at radius 2 is 1.00 bits per heavy atom. The summed E-state index contributed by atoms with van der Waals surface area (Å²) >= 11 is 0. The molecule has 6 aromatic carbocycles. The van der Waals surface area contributed by atoms with Crippen molar-refractivity contribution in [3.8, 4) is 11.1 Å². The summed E-state index contributed by atoms with van der Waals surface area (Å²) in [6, 6.07) is 35.1. The van der Waals surface area contributed by atoms with Gasteiger partial charge in [-0.2, -0.15) is 0 Å². The SMILES string of the molecule is c1cnc2c(c1)ccc1ccc3c(-c4cc5ccc6cccc7ccc(c4)c5c67)ccnc3c12. The Hall–Kier alpha value is -4.56. The van der Waals surface area contributed by atoms with Crippen LogP contribution in [0.4, 0.5) is 0 Å². The van der Waals surface area contributed by atoms with Crippen LogP contribution in [0.1, 0.15) is 0 Å². The van der Waals surface area contributed by atoms with Crippen molar-refractivity contribution in [2.24, 2.45) is 0 Å². The standard InChI is InChI=1S/C32H18N2/c1-3-19-7-10-23-17-25(18-24-11-8-20(4-1)28(19)29(23)24)26-14-16-34-32-27(26)13-12-21-6-9-22-5-2-15-33-31(22)30(21)32/h1-18H. The average molecular weight is 431 g/mol. The summed E-state index contributed by atoms with van der Waals surface area (Å²) in [4.78, 5) is 9.56. The van der Waals surface area contributed by atoms with E-state index in [9.17, 15) is 0 Å². The fourth-order valence-corrected chi connectivity index (χ4v) is 5.72. The smallest absolute Gasteiger partial charge is 0.0808 e. The fourth-order valence-electron chi connectivity index (χ4n) is 5.72. The maximum Gasteiger partial charge on any atom is 0.0808 e. The Morgan fingerprint density at radius 3 is 1.79 bits per heavy atom. The topological polar surface area (TPSA) is 25.8 Å². The molecule has 8 aromatic rings. The van der Waals surface area contributed by atoms with Gasteiger partial charge >= 0.3 is 0 Å². The average Bonchev–Trinajstić information content (AvgIpc) is 2.90. The monoisotopic (exact) mass is 430 g/mol. The van der Waals surface area contributed by atoms with E-state index in [2.05, 4.69) is 91.0 Å². The summed E-state index contributed by atoms with van der Waals surface area (Å²) in [5.74, 6) is 0. The lowest BCUT2D eigenvalue weighted by molar-refractivity contribution is 1.41. The molecule has 0 amide bonds. The first-order chi connectivity index (χ1) is 16.8. The molecule has 0 aliphatic carbocycles. The van der Waals surface area contributed by atoms with Crippen molar-refractivity contribution >= 4 is 64.9 Å². The second kappa shape index (κ2) is 6.49. The van der Waals surface area contributed by atoms with E-state index in [0.29, 0.717) is 0 Å². The van der Waals surface area contributed by atoms with Crippen LogP contribution in [-0.4, -0.2) is 9.97 Å². The molecule has 0 unspecified atom stereocenters. The van der Waals surface area contributed by atoms with Crippen LogP contribution in [0.2, 0.25) is 0 Å². The van der Waals surface area contributed by atoms with Gasteiger partial charge in [0.1, 0.15) is 0 Å². The van der Waals surface area contributed by atoms with E-state index in [-0.39, 0.29) is 0 Å². The number of nitrogens with zero attached hydrogens (tertiary/aromatic N) is 2. The minimum absolute atomic E-state index is 1.00. The van der Waals surface area contributed by atoms with Gasteiger partial charge < -0.3 is 0 Å². The maximum atomic E-state index is 4.85. The number of fused-ring (bicyclic) bond motifs is 5. The zero-order valence-corrected chi connectivity index (χ0v) is 18.3. The first-order valence-corrected chi connectivity index (χ1v) is 11.6. The van der Waals surface area contributed by atoms with Gasteiger partial charge in [-0.05, 0) is 73.1 Å². The summed E-state index contributed by atoms with van der Waals surface area (Å²) in [5, 5.41) is 12.4. The fraction of sp³-hybridized carbons (Fsp3) is 0. The summed E-state index contributed by atoms with van der Waals surface area (Å²) in [5.41, 5.74) is 4.42. The Morgan fingerprint density at radius 1 is 0.412 bits per heavy atom. The van der Waals surface area contributed by atoms with Crippen LogP contribution in [0, 0.1) is 0 Å². The molecule has 2 aromatic heterocycles. The van der Waals surface area contributed by atoms with Gasteiger partial charge in [-0.1, -0.05) is 72.8 Å². The lowest BCUT2D eigenvalue weighted by Crippen LogP contribution is -1.90. The van der Waals surface area contributed by atoms with Crippen molar-refractivity contribution in [2.75, 3.05) is 0 Å². The molecule has 2 nitrogen and oxygen atoms in total. The highest BCUT2D eigenvalue weighted by Crippen LogP contribution is 2.40. The van der Waals surface area contributed by atoms with Crippen molar-refractivity contribution < 1.29 is 0 Å². The Kier molecular flexibility index (Phi) is 3.42. The molecule has 8 rings (SSSR count). The Balaban J connectivity index is 1.48. The van der Waals surface area contributed by atoms with Crippen LogP contribution in [0.5, 0.6) is 0 Å². The predicted molar refractivity (Wildman–Crippen MR) is 144 cm³/mol. The molecule has 0 fully saturated rings. The second-order valence-electron chi connectivity index (χ2n) is 9.07. The summed E-state index contributed by atoms with van der Waals surface area (Å²) < 4.78 is 0. The van der Waals surface area contributed by atoms with Gasteiger partial charge in [0.15, 0.2) is 0 Å². The van der Waals surface area contributed by atoms with Crippen LogP contribution >= 0.6 is 0 Å². The van der Waals surface area contributed by atoms with Crippen LogP contribution in [0.15, 0.2) is 109 Å². The molecule has 2 heteroatoms. The minimum Gasteiger partial charge on any atom is -0.256 e. The van der Waals surface area contributed by atoms with Crippen LogP contribution in [0.25, 0.3) is 76.0 Å². The maximum absolute atomic E-state index is 4.85. The number of benzene rings is 6. The molecule has 0 N–H and O–H groups in total. The quantitative estimate of drug-likeness (QED) is 0.244. The molecule has 0 bridgehead atoms. The molecule has 2 heterocycles. The molecule has 0 saturated heterocycles. The van der Waals surface area contributed by atoms with E-state index in [1.807, 2.05) is 18.5 Å². The van der Waals surface area contributed by atoms with Gasteiger partial charge in [0.25, 0.3) is 0 Å². The van der Waals surface area contributed by atoms with E-state index >= 15 is 0 Å². The zero-order valence-electron chi connectivity index (χ0n) is 18.3. The van der Waals surface area contributed by atoms with Gasteiger partial charge in [0.05, 0.1) is 11.0 Å². The highest BCUT2D eigenvalue weighted by Gasteiger charge is 2.14. The van der Waals surface area contributed by atoms with Gasteiger partial charge in [-0.15, -0.1) is 0 Å². The number of aromatic nitrogens is 2. The molecule has 0 saturated carbocycles. The minimum atomic E-state index is 1.00. The molecule has 0 aliphatic heterocycles. The highest BCUT2D eigenvalue weighted by atomic mass is 14.7. The predicted octanol–water partition coefficient (Wildman–Crippen LogP) is 8.50. The van der Waals surface area contributed by atoms with Crippen LogP contribution < -0.4 is 0 Å². The third-order valence-electron chi connectivity index (χ3n) is 7.24. The first-order valence-electron chi connectivity index (χ1n) is 11.6. The van der Waals surface area contributed by atoms with Crippen molar-refractivity contribution in [3.63, 3.8) is 0 Å². The number of hydrogen-bond acceptors (Lipinski definition) is 2. The molecular weight excluding hydrogens is 412 g/mol. The van der Waals surface area contributed by atoms with Crippen LogP contribution in [-0.2, 0) is 0 Å². The molecule has 0 atom stereocenters. The number of pyridine rings is 2. The lowest BCUT2D eigenvalue weighted by Gasteiger charge is -2.14. The Labute approximate surface area is 195 Å². The highest BCUT2D eigenvalue weighted by molar-refractivity contribution is 6.24. The van der Waals surface area contributed by atoms with E-state index in [1.165, 1.54) is 48.8 Å².